The van der Waals surface area contributed by atoms with E-state index >= 15 is 0 Å². The van der Waals surface area contributed by atoms with E-state index in [4.69, 9.17) is 10.5 Å². The zero-order chi connectivity index (χ0) is 15.5. The molecule has 8 heteroatoms. The molecule has 1 aliphatic rings. The first kappa shape index (κ1) is 15.6. The van der Waals surface area contributed by atoms with Crippen LogP contribution in [-0.2, 0) is 16.1 Å². The van der Waals surface area contributed by atoms with E-state index in [1.54, 1.807) is 0 Å². The van der Waals surface area contributed by atoms with Gasteiger partial charge in [0.1, 0.15) is 11.3 Å². The van der Waals surface area contributed by atoms with Gasteiger partial charge in [-0.2, -0.15) is 0 Å². The van der Waals surface area contributed by atoms with Crippen molar-refractivity contribution in [2.75, 3.05) is 13.2 Å². The summed E-state index contributed by atoms with van der Waals surface area (Å²) in [5, 5.41) is 2.64. The SMILES string of the molecule is NC1(C(=O)NCc2ccc(OC(F)(F)F)cc2)CCOC1. The van der Waals surface area contributed by atoms with E-state index in [-0.39, 0.29) is 24.8 Å². The number of ether oxygens (including phenoxy) is 2. The van der Waals surface area contributed by atoms with Gasteiger partial charge in [0.25, 0.3) is 0 Å². The van der Waals surface area contributed by atoms with Gasteiger partial charge in [0.2, 0.25) is 5.91 Å². The van der Waals surface area contributed by atoms with Crippen molar-refractivity contribution in [1.82, 2.24) is 5.32 Å². The van der Waals surface area contributed by atoms with Crippen molar-refractivity contribution in [2.24, 2.45) is 5.73 Å². The Morgan fingerprint density at radius 2 is 2.05 bits per heavy atom. The second kappa shape index (κ2) is 5.90. The Morgan fingerprint density at radius 1 is 1.38 bits per heavy atom. The summed E-state index contributed by atoms with van der Waals surface area (Å²) < 4.78 is 44.9. The number of rotatable bonds is 4. The zero-order valence-corrected chi connectivity index (χ0v) is 11.1. The highest BCUT2D eigenvalue weighted by Gasteiger charge is 2.38. The van der Waals surface area contributed by atoms with Crippen LogP contribution in [0.2, 0.25) is 0 Å². The Hall–Kier alpha value is -1.80. The van der Waals surface area contributed by atoms with Crippen molar-refractivity contribution in [3.8, 4) is 5.75 Å². The number of hydrogen-bond acceptors (Lipinski definition) is 4. The van der Waals surface area contributed by atoms with Crippen LogP contribution in [0.1, 0.15) is 12.0 Å². The van der Waals surface area contributed by atoms with Crippen molar-refractivity contribution in [3.63, 3.8) is 0 Å². The van der Waals surface area contributed by atoms with E-state index in [9.17, 15) is 18.0 Å². The number of nitrogens with one attached hydrogen (secondary N) is 1. The summed E-state index contributed by atoms with van der Waals surface area (Å²) in [5.41, 5.74) is 5.49. The van der Waals surface area contributed by atoms with Gasteiger partial charge in [-0.1, -0.05) is 12.1 Å². The van der Waals surface area contributed by atoms with Crippen molar-refractivity contribution < 1.29 is 27.4 Å². The van der Waals surface area contributed by atoms with Gasteiger partial charge in [-0.25, -0.2) is 0 Å². The van der Waals surface area contributed by atoms with Crippen molar-refractivity contribution in [1.29, 1.82) is 0 Å². The maximum absolute atomic E-state index is 12.0. The topological polar surface area (TPSA) is 73.6 Å². The minimum Gasteiger partial charge on any atom is -0.406 e. The molecule has 0 aliphatic carbocycles. The molecule has 5 nitrogen and oxygen atoms in total. The quantitative estimate of drug-likeness (QED) is 0.880. The monoisotopic (exact) mass is 304 g/mol. The molecule has 1 aliphatic heterocycles. The van der Waals surface area contributed by atoms with Crippen LogP contribution in [0.3, 0.4) is 0 Å². The Morgan fingerprint density at radius 3 is 2.57 bits per heavy atom. The Kier molecular flexibility index (Phi) is 4.38. The van der Waals surface area contributed by atoms with Crippen LogP contribution < -0.4 is 15.8 Å². The predicted molar refractivity (Wildman–Crippen MR) is 67.3 cm³/mol. The van der Waals surface area contributed by atoms with Crippen LogP contribution in [-0.4, -0.2) is 31.0 Å². The molecule has 0 bridgehead atoms. The maximum atomic E-state index is 12.0. The molecule has 2 rings (SSSR count). The first-order valence-corrected chi connectivity index (χ1v) is 6.28. The maximum Gasteiger partial charge on any atom is 0.573 e. The summed E-state index contributed by atoms with van der Waals surface area (Å²) in [6.45, 7) is 0.772. The first-order chi connectivity index (χ1) is 9.78. The van der Waals surface area contributed by atoms with E-state index in [1.807, 2.05) is 0 Å². The minimum absolute atomic E-state index is 0.164. The molecule has 0 aromatic heterocycles. The Bertz CT molecular complexity index is 496. The van der Waals surface area contributed by atoms with Crippen molar-refractivity contribution in [3.05, 3.63) is 29.8 Å². The lowest BCUT2D eigenvalue weighted by molar-refractivity contribution is -0.274. The molecular formula is C13H15F3N2O3. The average Bonchev–Trinajstić information content (AvgIpc) is 2.84. The molecule has 116 valence electrons. The molecule has 0 spiro atoms. The van der Waals surface area contributed by atoms with Crippen LogP contribution in [0.5, 0.6) is 5.75 Å². The normalized spacial score (nSPS) is 22.1. The lowest BCUT2D eigenvalue weighted by Gasteiger charge is -2.20. The molecule has 1 aromatic rings. The number of carbonyl (C=O) groups excluding carboxylic acids is 1. The molecule has 1 atom stereocenters. The highest BCUT2D eigenvalue weighted by molar-refractivity contribution is 5.86. The number of nitrogens with two attached hydrogens (primary N) is 1. The lowest BCUT2D eigenvalue weighted by Crippen LogP contribution is -2.54. The van der Waals surface area contributed by atoms with Crippen molar-refractivity contribution >= 4 is 5.91 Å². The summed E-state index contributed by atoms with van der Waals surface area (Å²) in [5.74, 6) is -0.646. The molecule has 21 heavy (non-hydrogen) atoms. The van der Waals surface area contributed by atoms with Crippen LogP contribution in [0.25, 0.3) is 0 Å². The van der Waals surface area contributed by atoms with Gasteiger partial charge in [0.05, 0.1) is 6.61 Å². The fraction of sp³-hybridized carbons (Fsp3) is 0.462. The van der Waals surface area contributed by atoms with E-state index in [0.717, 1.165) is 0 Å². The van der Waals surface area contributed by atoms with Gasteiger partial charge < -0.3 is 20.5 Å². The van der Waals surface area contributed by atoms with Gasteiger partial charge in [-0.15, -0.1) is 13.2 Å². The summed E-state index contributed by atoms with van der Waals surface area (Å²) in [6.07, 6.45) is -4.28. The van der Waals surface area contributed by atoms with Crippen LogP contribution >= 0.6 is 0 Å². The van der Waals surface area contributed by atoms with Gasteiger partial charge >= 0.3 is 6.36 Å². The molecule has 0 radical (unpaired) electrons. The second-order valence-corrected chi connectivity index (χ2v) is 4.83. The largest absolute Gasteiger partial charge is 0.573 e. The molecule has 3 N–H and O–H groups in total. The van der Waals surface area contributed by atoms with E-state index in [1.165, 1.54) is 24.3 Å². The number of hydrogen-bond donors (Lipinski definition) is 2. The molecule has 1 fully saturated rings. The average molecular weight is 304 g/mol. The van der Waals surface area contributed by atoms with Gasteiger partial charge in [-0.3, -0.25) is 4.79 Å². The second-order valence-electron chi connectivity index (χ2n) is 4.83. The molecule has 1 aromatic carbocycles. The third kappa shape index (κ3) is 4.33. The zero-order valence-electron chi connectivity index (χ0n) is 11.1. The fourth-order valence-electron chi connectivity index (χ4n) is 1.93. The minimum atomic E-state index is -4.72. The van der Waals surface area contributed by atoms with E-state index in [0.29, 0.717) is 18.6 Å². The molecule has 1 unspecified atom stereocenters. The fourth-order valence-corrected chi connectivity index (χ4v) is 1.93. The Labute approximate surface area is 119 Å². The summed E-state index contributed by atoms with van der Waals surface area (Å²) in [7, 11) is 0. The summed E-state index contributed by atoms with van der Waals surface area (Å²) in [6, 6.07) is 5.25. The van der Waals surface area contributed by atoms with Crippen LogP contribution in [0, 0.1) is 0 Å². The highest BCUT2D eigenvalue weighted by atomic mass is 19.4. The first-order valence-electron chi connectivity index (χ1n) is 6.28. The molecule has 1 saturated heterocycles. The van der Waals surface area contributed by atoms with Gasteiger partial charge in [0.15, 0.2) is 0 Å². The molecule has 1 amide bonds. The number of benzene rings is 1. The summed E-state index contributed by atoms with van der Waals surface area (Å²) in [4.78, 5) is 11.9. The van der Waals surface area contributed by atoms with Crippen LogP contribution in [0.4, 0.5) is 13.2 Å². The van der Waals surface area contributed by atoms with E-state index in [2.05, 4.69) is 10.1 Å². The molecule has 1 heterocycles. The van der Waals surface area contributed by atoms with Crippen LogP contribution in [0.15, 0.2) is 24.3 Å². The van der Waals surface area contributed by atoms with Gasteiger partial charge in [0, 0.05) is 13.2 Å². The molecular weight excluding hydrogens is 289 g/mol. The Balaban J connectivity index is 1.87. The summed E-state index contributed by atoms with van der Waals surface area (Å²) >= 11 is 0. The number of carbonyl (C=O) groups is 1. The van der Waals surface area contributed by atoms with Crippen molar-refractivity contribution in [2.45, 2.75) is 24.9 Å². The third-order valence-corrected chi connectivity index (χ3v) is 3.11. The predicted octanol–water partition coefficient (Wildman–Crippen LogP) is 1.32. The molecule has 0 saturated carbocycles. The number of amides is 1. The third-order valence-electron chi connectivity index (χ3n) is 3.11. The van der Waals surface area contributed by atoms with E-state index < -0.39 is 11.9 Å². The number of halogens is 3. The standard InChI is InChI=1S/C13H15F3N2O3/c14-13(15,16)21-10-3-1-9(2-4-10)7-18-11(19)12(17)5-6-20-8-12/h1-4H,5-8,17H2,(H,18,19). The van der Waals surface area contributed by atoms with Gasteiger partial charge in [-0.05, 0) is 24.1 Å². The highest BCUT2D eigenvalue weighted by Crippen LogP contribution is 2.22. The lowest BCUT2D eigenvalue weighted by atomic mass is 9.99. The smallest absolute Gasteiger partial charge is 0.406 e. The number of alkyl halides is 3.